The fourth-order valence-electron chi connectivity index (χ4n) is 1.57. The minimum atomic E-state index is -0.326. The summed E-state index contributed by atoms with van der Waals surface area (Å²) in [6, 6.07) is 8.49. The highest BCUT2D eigenvalue weighted by Gasteiger charge is 2.07. The molecule has 0 atom stereocenters. The first-order valence-electron chi connectivity index (χ1n) is 4.98. The maximum Gasteiger partial charge on any atom is 0.149 e. The molecular weight excluding hydrogens is 205 g/mol. The van der Waals surface area contributed by atoms with Crippen molar-refractivity contribution in [3.05, 3.63) is 47.9 Å². The largest absolute Gasteiger partial charge is 0.496 e. The number of halogens is 1. The lowest BCUT2D eigenvalue weighted by Crippen LogP contribution is -1.91. The number of nitrogens with zero attached hydrogens (tertiary/aromatic N) is 1. The van der Waals surface area contributed by atoms with Crippen LogP contribution in [0.15, 0.2) is 36.5 Å². The van der Waals surface area contributed by atoms with Crippen LogP contribution in [0.1, 0.15) is 5.56 Å². The first-order chi connectivity index (χ1) is 7.72. The third-order valence-electron chi connectivity index (χ3n) is 2.44. The molecule has 2 rings (SSSR count). The zero-order valence-electron chi connectivity index (χ0n) is 9.20. The summed E-state index contributed by atoms with van der Waals surface area (Å²) in [5.41, 5.74) is 2.09. The molecule has 1 heterocycles. The number of methoxy groups -OCH3 is 1. The fourth-order valence-corrected chi connectivity index (χ4v) is 1.57. The van der Waals surface area contributed by atoms with Gasteiger partial charge in [-0.15, -0.1) is 0 Å². The Balaban J connectivity index is 2.53. The van der Waals surface area contributed by atoms with E-state index in [0.717, 1.165) is 16.9 Å². The summed E-state index contributed by atoms with van der Waals surface area (Å²) in [7, 11) is 1.60. The van der Waals surface area contributed by atoms with E-state index >= 15 is 0 Å². The molecule has 0 N–H and O–H groups in total. The van der Waals surface area contributed by atoms with E-state index in [4.69, 9.17) is 4.74 Å². The van der Waals surface area contributed by atoms with Crippen molar-refractivity contribution in [2.24, 2.45) is 0 Å². The average molecular weight is 217 g/mol. The molecule has 0 unspecified atom stereocenters. The molecule has 1 aromatic heterocycles. The predicted molar refractivity (Wildman–Crippen MR) is 60.9 cm³/mol. The van der Waals surface area contributed by atoms with Crippen LogP contribution in [0, 0.1) is 12.7 Å². The maximum absolute atomic E-state index is 13.5. The number of ether oxygens (including phenoxy) is 1. The van der Waals surface area contributed by atoms with Gasteiger partial charge in [-0.1, -0.05) is 12.1 Å². The second-order valence-corrected chi connectivity index (χ2v) is 3.52. The molecule has 3 heteroatoms. The molecule has 0 aliphatic rings. The van der Waals surface area contributed by atoms with E-state index in [2.05, 4.69) is 4.98 Å². The Bertz CT molecular complexity index is 511. The quantitative estimate of drug-likeness (QED) is 0.770. The smallest absolute Gasteiger partial charge is 0.149 e. The first-order valence-corrected chi connectivity index (χ1v) is 4.98. The van der Waals surface area contributed by atoms with E-state index in [1.165, 1.54) is 6.07 Å². The maximum atomic E-state index is 13.5. The highest BCUT2D eigenvalue weighted by molar-refractivity contribution is 5.62. The van der Waals surface area contributed by atoms with Crippen LogP contribution < -0.4 is 4.74 Å². The second kappa shape index (κ2) is 4.31. The van der Waals surface area contributed by atoms with Gasteiger partial charge in [0.15, 0.2) is 0 Å². The van der Waals surface area contributed by atoms with Crippen molar-refractivity contribution in [3.63, 3.8) is 0 Å². The predicted octanol–water partition coefficient (Wildman–Crippen LogP) is 3.20. The van der Waals surface area contributed by atoms with Crippen molar-refractivity contribution in [1.29, 1.82) is 0 Å². The Morgan fingerprint density at radius 2 is 2.06 bits per heavy atom. The van der Waals surface area contributed by atoms with E-state index in [1.54, 1.807) is 25.4 Å². The van der Waals surface area contributed by atoms with Crippen LogP contribution in [-0.2, 0) is 0 Å². The molecule has 0 saturated heterocycles. The summed E-state index contributed by atoms with van der Waals surface area (Å²) in [4.78, 5) is 4.02. The Morgan fingerprint density at radius 3 is 2.75 bits per heavy atom. The van der Waals surface area contributed by atoms with Gasteiger partial charge in [0.1, 0.15) is 17.3 Å². The normalized spacial score (nSPS) is 10.2. The van der Waals surface area contributed by atoms with Crippen molar-refractivity contribution in [3.8, 4) is 17.0 Å². The molecule has 0 aliphatic heterocycles. The van der Waals surface area contributed by atoms with Crippen molar-refractivity contribution in [2.45, 2.75) is 6.92 Å². The summed E-state index contributed by atoms with van der Waals surface area (Å²) in [5, 5.41) is 0. The van der Waals surface area contributed by atoms with Gasteiger partial charge in [-0.2, -0.15) is 0 Å². The van der Waals surface area contributed by atoms with Gasteiger partial charge >= 0.3 is 0 Å². The fraction of sp³-hybridized carbons (Fsp3) is 0.154. The van der Waals surface area contributed by atoms with Gasteiger partial charge in [0.25, 0.3) is 0 Å². The number of hydrogen-bond donors (Lipinski definition) is 0. The Morgan fingerprint density at radius 1 is 1.25 bits per heavy atom. The standard InChI is InChI=1S/C13H12FNO/c1-9-5-6-10(8-12(9)16-2)13-11(14)4-3-7-15-13/h3-8H,1-2H3. The topological polar surface area (TPSA) is 22.1 Å². The minimum Gasteiger partial charge on any atom is -0.496 e. The highest BCUT2D eigenvalue weighted by atomic mass is 19.1. The molecule has 1 aromatic carbocycles. The zero-order valence-corrected chi connectivity index (χ0v) is 9.20. The Hall–Kier alpha value is -1.90. The van der Waals surface area contributed by atoms with E-state index in [9.17, 15) is 4.39 Å². The Labute approximate surface area is 93.7 Å². The minimum absolute atomic E-state index is 0.326. The van der Waals surface area contributed by atoms with Crippen LogP contribution in [-0.4, -0.2) is 12.1 Å². The van der Waals surface area contributed by atoms with E-state index in [1.807, 2.05) is 19.1 Å². The summed E-state index contributed by atoms with van der Waals surface area (Å²) in [6.07, 6.45) is 1.57. The van der Waals surface area contributed by atoms with Gasteiger partial charge < -0.3 is 4.74 Å². The summed E-state index contributed by atoms with van der Waals surface area (Å²) in [6.45, 7) is 1.94. The van der Waals surface area contributed by atoms with Gasteiger partial charge in [-0.25, -0.2) is 4.39 Å². The van der Waals surface area contributed by atoms with Crippen LogP contribution >= 0.6 is 0 Å². The lowest BCUT2D eigenvalue weighted by molar-refractivity contribution is 0.412. The third-order valence-corrected chi connectivity index (χ3v) is 2.44. The van der Waals surface area contributed by atoms with Gasteiger partial charge in [-0.3, -0.25) is 4.98 Å². The zero-order chi connectivity index (χ0) is 11.5. The SMILES string of the molecule is COc1cc(-c2ncccc2F)ccc1C. The summed E-state index contributed by atoms with van der Waals surface area (Å²) >= 11 is 0. The average Bonchev–Trinajstić information content (AvgIpc) is 2.31. The molecule has 0 bridgehead atoms. The van der Waals surface area contributed by atoms with Crippen molar-refractivity contribution < 1.29 is 9.13 Å². The molecule has 0 saturated carbocycles. The highest BCUT2D eigenvalue weighted by Crippen LogP contribution is 2.26. The molecule has 2 aromatic rings. The number of pyridine rings is 1. The van der Waals surface area contributed by atoms with Crippen LogP contribution in [0.2, 0.25) is 0 Å². The van der Waals surface area contributed by atoms with Crippen molar-refractivity contribution in [1.82, 2.24) is 4.98 Å². The van der Waals surface area contributed by atoms with Gasteiger partial charge in [0, 0.05) is 11.8 Å². The van der Waals surface area contributed by atoms with Crippen molar-refractivity contribution in [2.75, 3.05) is 7.11 Å². The van der Waals surface area contributed by atoms with Gasteiger partial charge in [-0.05, 0) is 30.7 Å². The number of aryl methyl sites for hydroxylation is 1. The molecule has 16 heavy (non-hydrogen) atoms. The molecular formula is C13H12FNO. The molecule has 0 spiro atoms. The van der Waals surface area contributed by atoms with Crippen molar-refractivity contribution >= 4 is 0 Å². The number of rotatable bonds is 2. The lowest BCUT2D eigenvalue weighted by atomic mass is 10.1. The van der Waals surface area contributed by atoms with Crippen LogP contribution in [0.25, 0.3) is 11.3 Å². The van der Waals surface area contributed by atoms with Gasteiger partial charge in [0.05, 0.1) is 7.11 Å². The van der Waals surface area contributed by atoms with Gasteiger partial charge in [0.2, 0.25) is 0 Å². The third kappa shape index (κ3) is 1.89. The molecule has 2 nitrogen and oxygen atoms in total. The molecule has 0 fully saturated rings. The number of benzene rings is 1. The first kappa shape index (κ1) is 10.6. The molecule has 0 radical (unpaired) electrons. The number of aromatic nitrogens is 1. The molecule has 0 amide bonds. The van der Waals surface area contributed by atoms with Crippen LogP contribution in [0.5, 0.6) is 5.75 Å². The summed E-state index contributed by atoms with van der Waals surface area (Å²) < 4.78 is 18.7. The Kier molecular flexibility index (Phi) is 2.86. The van der Waals surface area contributed by atoms with E-state index in [0.29, 0.717) is 5.69 Å². The number of hydrogen-bond acceptors (Lipinski definition) is 2. The molecule has 0 aliphatic carbocycles. The van der Waals surface area contributed by atoms with Crippen LogP contribution in [0.3, 0.4) is 0 Å². The lowest BCUT2D eigenvalue weighted by Gasteiger charge is -2.07. The van der Waals surface area contributed by atoms with E-state index in [-0.39, 0.29) is 5.82 Å². The van der Waals surface area contributed by atoms with E-state index < -0.39 is 0 Å². The van der Waals surface area contributed by atoms with Crippen LogP contribution in [0.4, 0.5) is 4.39 Å². The molecule has 82 valence electrons. The summed E-state index contributed by atoms with van der Waals surface area (Å²) in [5.74, 6) is 0.413. The second-order valence-electron chi connectivity index (χ2n) is 3.52. The monoisotopic (exact) mass is 217 g/mol.